The second-order valence-electron chi connectivity index (χ2n) is 4.49. The minimum atomic E-state index is -3.34. The average Bonchev–Trinajstić information content (AvgIpc) is 2.17. The maximum atomic E-state index is 11.8. The van der Waals surface area contributed by atoms with E-state index in [-0.39, 0.29) is 6.10 Å². The molecule has 0 spiro atoms. The molecule has 0 aliphatic carbocycles. The Morgan fingerprint density at radius 1 is 1.38 bits per heavy atom. The van der Waals surface area contributed by atoms with Crippen LogP contribution in [0.4, 0.5) is 0 Å². The van der Waals surface area contributed by atoms with Gasteiger partial charge in [0.05, 0.1) is 6.10 Å². The molecule has 0 fully saturated rings. The molecule has 16 heavy (non-hydrogen) atoms. The highest BCUT2D eigenvalue weighted by molar-refractivity contribution is 7.94. The maximum Gasteiger partial charge on any atom is 0.271 e. The number of rotatable bonds is 5. The summed E-state index contributed by atoms with van der Waals surface area (Å²) in [5.41, 5.74) is 0. The zero-order valence-electron chi connectivity index (χ0n) is 10.5. The number of hydrogen-bond donors (Lipinski definition) is 0. The van der Waals surface area contributed by atoms with Crippen LogP contribution in [-0.2, 0) is 14.8 Å². The van der Waals surface area contributed by atoms with E-state index in [1.165, 1.54) is 0 Å². The molecule has 1 rings (SSSR count). The molecule has 1 unspecified atom stereocenters. The minimum absolute atomic E-state index is 0.0261. The highest BCUT2D eigenvalue weighted by atomic mass is 32.2. The van der Waals surface area contributed by atoms with Gasteiger partial charge in [0, 0.05) is 0 Å². The number of ether oxygens (including phenoxy) is 1. The van der Waals surface area contributed by atoms with Crippen molar-refractivity contribution in [2.24, 2.45) is 4.40 Å². The molecule has 94 valence electrons. The molecule has 0 N–H and O–H groups in total. The van der Waals surface area contributed by atoms with Crippen molar-refractivity contribution in [3.05, 3.63) is 0 Å². The summed E-state index contributed by atoms with van der Waals surface area (Å²) in [6.45, 7) is 7.70. The van der Waals surface area contributed by atoms with Crippen LogP contribution in [0.2, 0.25) is 0 Å². The smallest absolute Gasteiger partial charge is 0.271 e. The summed E-state index contributed by atoms with van der Waals surface area (Å²) in [5.74, 6) is 0.415. The molecule has 1 aliphatic rings. The van der Waals surface area contributed by atoms with Crippen molar-refractivity contribution in [3.63, 3.8) is 0 Å². The third kappa shape index (κ3) is 2.10. The Hall–Kier alpha value is -0.580. The topological polar surface area (TPSA) is 55.7 Å². The molecule has 1 heterocycles. The van der Waals surface area contributed by atoms with E-state index < -0.39 is 14.8 Å². The van der Waals surface area contributed by atoms with Crippen LogP contribution in [-0.4, -0.2) is 25.2 Å². The Balaban J connectivity index is 2.93. The van der Waals surface area contributed by atoms with Crippen molar-refractivity contribution in [2.75, 3.05) is 0 Å². The van der Waals surface area contributed by atoms with Crippen molar-refractivity contribution in [1.29, 1.82) is 0 Å². The minimum Gasteiger partial charge on any atom is -0.476 e. The van der Waals surface area contributed by atoms with Crippen LogP contribution < -0.4 is 0 Å². The second-order valence-corrected chi connectivity index (χ2v) is 6.40. The number of unbranched alkanes of at least 4 members (excludes halogenated alkanes) is 1. The van der Waals surface area contributed by atoms with E-state index in [2.05, 4.69) is 11.3 Å². The first kappa shape index (κ1) is 13.5. The van der Waals surface area contributed by atoms with Gasteiger partial charge in [-0.15, -0.1) is 4.40 Å². The predicted octanol–water partition coefficient (Wildman–Crippen LogP) is 2.49. The van der Waals surface area contributed by atoms with Crippen LogP contribution in [0.1, 0.15) is 53.4 Å². The molecule has 0 aromatic rings. The van der Waals surface area contributed by atoms with Crippen LogP contribution in [0, 0.1) is 0 Å². The molecular formula is C11H21NO3S. The second kappa shape index (κ2) is 4.73. The lowest BCUT2D eigenvalue weighted by Crippen LogP contribution is -2.54. The van der Waals surface area contributed by atoms with Gasteiger partial charge in [0.25, 0.3) is 10.0 Å². The lowest BCUT2D eigenvalue weighted by atomic mass is 9.97. The van der Waals surface area contributed by atoms with Crippen LogP contribution in [0.15, 0.2) is 4.40 Å². The summed E-state index contributed by atoms with van der Waals surface area (Å²) in [4.78, 5) is 0. The zero-order chi connectivity index (χ0) is 12.4. The van der Waals surface area contributed by atoms with Crippen LogP contribution in [0.3, 0.4) is 0 Å². The van der Waals surface area contributed by atoms with E-state index in [1.807, 2.05) is 20.8 Å². The van der Waals surface area contributed by atoms with Crippen molar-refractivity contribution in [2.45, 2.75) is 64.2 Å². The van der Waals surface area contributed by atoms with Gasteiger partial charge in [-0.1, -0.05) is 26.7 Å². The van der Waals surface area contributed by atoms with E-state index >= 15 is 0 Å². The Labute approximate surface area is 98.2 Å². The molecule has 1 atom stereocenters. The Bertz CT molecular complexity index is 373. The van der Waals surface area contributed by atoms with Crippen molar-refractivity contribution < 1.29 is 13.2 Å². The Morgan fingerprint density at radius 2 is 2.00 bits per heavy atom. The molecule has 0 amide bonds. The fourth-order valence-corrected chi connectivity index (χ4v) is 3.47. The molecule has 0 aromatic heterocycles. The first-order valence-electron chi connectivity index (χ1n) is 5.91. The van der Waals surface area contributed by atoms with Gasteiger partial charge >= 0.3 is 0 Å². The van der Waals surface area contributed by atoms with Crippen molar-refractivity contribution >= 4 is 15.9 Å². The number of nitrogens with zero attached hydrogens (tertiary/aromatic N) is 1. The molecule has 0 aromatic carbocycles. The van der Waals surface area contributed by atoms with Gasteiger partial charge in [-0.3, -0.25) is 0 Å². The lowest BCUT2D eigenvalue weighted by Gasteiger charge is -2.38. The summed E-state index contributed by atoms with van der Waals surface area (Å²) in [5, 5.41) is 0. The average molecular weight is 247 g/mol. The van der Waals surface area contributed by atoms with Gasteiger partial charge < -0.3 is 4.74 Å². The fraction of sp³-hybridized carbons (Fsp3) is 0.909. The molecule has 1 aliphatic heterocycles. The van der Waals surface area contributed by atoms with Gasteiger partial charge in [0.1, 0.15) is 0 Å². The van der Waals surface area contributed by atoms with Crippen molar-refractivity contribution in [3.8, 4) is 0 Å². The molecular weight excluding hydrogens is 226 g/mol. The van der Waals surface area contributed by atoms with E-state index in [9.17, 15) is 8.42 Å². The summed E-state index contributed by atoms with van der Waals surface area (Å²) in [7, 11) is -3.34. The highest BCUT2D eigenvalue weighted by Gasteiger charge is 2.56. The summed E-state index contributed by atoms with van der Waals surface area (Å²) in [6.07, 6.45) is 3.00. The predicted molar refractivity (Wildman–Crippen MR) is 65.1 cm³/mol. The summed E-state index contributed by atoms with van der Waals surface area (Å²) in [6, 6.07) is 0. The third-order valence-corrected chi connectivity index (χ3v) is 5.00. The molecule has 4 nitrogen and oxygen atoms in total. The van der Waals surface area contributed by atoms with Gasteiger partial charge in [-0.05, 0) is 26.7 Å². The lowest BCUT2D eigenvalue weighted by molar-refractivity contribution is 0.206. The molecule has 0 saturated heterocycles. The van der Waals surface area contributed by atoms with Crippen molar-refractivity contribution in [1.82, 2.24) is 0 Å². The number of sulfonamides is 1. The standard InChI is InChI=1S/C11H21NO3S/c1-5-7-8-11(6-2)10(15-9(3)4)12-16(11,13)14/h9H,5-8H2,1-4H3. The molecule has 0 bridgehead atoms. The quantitative estimate of drug-likeness (QED) is 0.750. The first-order chi connectivity index (χ1) is 7.39. The normalized spacial score (nSPS) is 27.4. The zero-order valence-corrected chi connectivity index (χ0v) is 11.3. The third-order valence-electron chi connectivity index (χ3n) is 2.94. The molecule has 5 heteroatoms. The van der Waals surface area contributed by atoms with Gasteiger partial charge in [0.15, 0.2) is 4.75 Å². The van der Waals surface area contributed by atoms with Gasteiger partial charge in [-0.2, -0.15) is 0 Å². The summed E-state index contributed by atoms with van der Waals surface area (Å²) < 4.78 is 31.9. The van der Waals surface area contributed by atoms with Gasteiger partial charge in [0.2, 0.25) is 5.90 Å². The van der Waals surface area contributed by atoms with Gasteiger partial charge in [-0.25, -0.2) is 8.42 Å². The van der Waals surface area contributed by atoms with E-state index in [4.69, 9.17) is 4.74 Å². The largest absolute Gasteiger partial charge is 0.476 e. The molecule has 0 radical (unpaired) electrons. The first-order valence-corrected chi connectivity index (χ1v) is 7.35. The maximum absolute atomic E-state index is 11.8. The highest BCUT2D eigenvalue weighted by Crippen LogP contribution is 2.39. The Kier molecular flexibility index (Phi) is 3.99. The monoisotopic (exact) mass is 247 g/mol. The van der Waals surface area contributed by atoms with Crippen LogP contribution >= 0.6 is 0 Å². The molecule has 0 saturated carbocycles. The fourth-order valence-electron chi connectivity index (χ4n) is 1.91. The van der Waals surface area contributed by atoms with E-state index in [0.29, 0.717) is 18.7 Å². The van der Waals surface area contributed by atoms with E-state index in [0.717, 1.165) is 12.8 Å². The van der Waals surface area contributed by atoms with Crippen LogP contribution in [0.5, 0.6) is 0 Å². The van der Waals surface area contributed by atoms with E-state index in [1.54, 1.807) is 0 Å². The summed E-state index contributed by atoms with van der Waals surface area (Å²) >= 11 is 0. The Morgan fingerprint density at radius 3 is 2.38 bits per heavy atom. The number of hydrogen-bond acceptors (Lipinski definition) is 3. The SMILES string of the molecule is CCCCC1(CC)C(OC(C)C)=NS1(=O)=O. The van der Waals surface area contributed by atoms with Crippen LogP contribution in [0.25, 0.3) is 0 Å².